The number of nitrogens with zero attached hydrogens (tertiary/aromatic N) is 1. The minimum atomic E-state index is -0.385. The number of amides is 2. The minimum Gasteiger partial charge on any atom is -0.465 e. The van der Waals surface area contributed by atoms with Crippen LogP contribution in [-0.2, 0) is 19.1 Å². The van der Waals surface area contributed by atoms with Crippen molar-refractivity contribution >= 4 is 17.8 Å². The number of carbonyl (C=O) groups is 3. The monoisotopic (exact) mass is 272 g/mol. The van der Waals surface area contributed by atoms with Crippen molar-refractivity contribution in [3.63, 3.8) is 0 Å². The summed E-state index contributed by atoms with van der Waals surface area (Å²) in [6.07, 6.45) is 2.90. The van der Waals surface area contributed by atoms with E-state index in [9.17, 15) is 14.4 Å². The van der Waals surface area contributed by atoms with E-state index in [2.05, 4.69) is 5.32 Å². The van der Waals surface area contributed by atoms with Gasteiger partial charge in [0.1, 0.15) is 6.54 Å². The number of rotatable bonds is 9. The van der Waals surface area contributed by atoms with Gasteiger partial charge in [0.15, 0.2) is 0 Å². The van der Waals surface area contributed by atoms with Gasteiger partial charge in [-0.1, -0.05) is 6.42 Å². The number of likely N-dealkylation sites (N-methyl/N-ethyl adjacent to an activating group) is 1. The molecule has 2 amide bonds. The van der Waals surface area contributed by atoms with Crippen LogP contribution in [0.15, 0.2) is 0 Å². The molecule has 0 atom stereocenters. The molecule has 6 heteroatoms. The zero-order valence-corrected chi connectivity index (χ0v) is 12.0. The predicted octanol–water partition coefficient (Wildman–Crippen LogP) is 0.704. The highest BCUT2D eigenvalue weighted by Crippen LogP contribution is 2.02. The maximum absolute atomic E-state index is 11.7. The Labute approximate surface area is 114 Å². The van der Waals surface area contributed by atoms with Gasteiger partial charge in [0.25, 0.3) is 0 Å². The Morgan fingerprint density at radius 2 is 1.84 bits per heavy atom. The quantitative estimate of drug-likeness (QED) is 0.495. The molecule has 0 bridgehead atoms. The van der Waals surface area contributed by atoms with E-state index >= 15 is 0 Å². The molecule has 0 aromatic rings. The Morgan fingerprint density at radius 3 is 2.42 bits per heavy atom. The molecule has 1 N–H and O–H groups in total. The summed E-state index contributed by atoms with van der Waals surface area (Å²) in [7, 11) is 1.59. The van der Waals surface area contributed by atoms with Crippen molar-refractivity contribution in [2.45, 2.75) is 39.5 Å². The van der Waals surface area contributed by atoms with Crippen LogP contribution in [0.4, 0.5) is 0 Å². The highest BCUT2D eigenvalue weighted by atomic mass is 16.5. The Kier molecular flexibility index (Phi) is 9.48. The molecule has 19 heavy (non-hydrogen) atoms. The van der Waals surface area contributed by atoms with Crippen LogP contribution >= 0.6 is 0 Å². The molecule has 0 saturated carbocycles. The Hall–Kier alpha value is -1.59. The van der Waals surface area contributed by atoms with Crippen LogP contribution in [0.3, 0.4) is 0 Å². The molecule has 0 aliphatic rings. The van der Waals surface area contributed by atoms with Gasteiger partial charge < -0.3 is 15.0 Å². The lowest BCUT2D eigenvalue weighted by Gasteiger charge is -2.15. The highest BCUT2D eigenvalue weighted by Gasteiger charge is 2.12. The summed E-state index contributed by atoms with van der Waals surface area (Å²) in [6.45, 7) is 4.17. The van der Waals surface area contributed by atoms with Crippen molar-refractivity contribution in [2.24, 2.45) is 0 Å². The van der Waals surface area contributed by atoms with E-state index in [-0.39, 0.29) is 24.3 Å². The lowest BCUT2D eigenvalue weighted by Crippen LogP contribution is -2.32. The first kappa shape index (κ1) is 17.4. The summed E-state index contributed by atoms with van der Waals surface area (Å²) < 4.78 is 4.77. The summed E-state index contributed by atoms with van der Waals surface area (Å²) >= 11 is 0. The second-order valence-corrected chi connectivity index (χ2v) is 4.35. The number of esters is 1. The summed E-state index contributed by atoms with van der Waals surface area (Å²) in [5.41, 5.74) is 0. The van der Waals surface area contributed by atoms with E-state index in [1.165, 1.54) is 11.8 Å². The van der Waals surface area contributed by atoms with Gasteiger partial charge in [-0.05, 0) is 19.8 Å². The summed E-state index contributed by atoms with van der Waals surface area (Å²) in [5, 5.41) is 2.70. The second kappa shape index (κ2) is 10.3. The van der Waals surface area contributed by atoms with E-state index in [1.54, 1.807) is 14.0 Å². The molecule has 110 valence electrons. The lowest BCUT2D eigenvalue weighted by molar-refractivity contribution is -0.148. The maximum atomic E-state index is 11.7. The average molecular weight is 272 g/mol. The number of unbranched alkanes of at least 4 members (excludes halogenated alkanes) is 2. The number of carbonyl (C=O) groups excluding carboxylic acids is 3. The van der Waals surface area contributed by atoms with Gasteiger partial charge in [0.2, 0.25) is 11.8 Å². The SMILES string of the molecule is CCOC(=O)CN(C)C(=O)CCCCCNC(C)=O. The highest BCUT2D eigenvalue weighted by molar-refractivity contribution is 5.81. The molecule has 0 heterocycles. The van der Waals surface area contributed by atoms with Crippen molar-refractivity contribution in [2.75, 3.05) is 26.7 Å². The molecule has 0 unspecified atom stereocenters. The van der Waals surface area contributed by atoms with Gasteiger partial charge in [-0.2, -0.15) is 0 Å². The molecule has 0 saturated heterocycles. The molecule has 6 nitrogen and oxygen atoms in total. The van der Waals surface area contributed by atoms with Crippen LogP contribution in [0, 0.1) is 0 Å². The zero-order chi connectivity index (χ0) is 14.7. The second-order valence-electron chi connectivity index (χ2n) is 4.35. The van der Waals surface area contributed by atoms with Crippen molar-refractivity contribution < 1.29 is 19.1 Å². The van der Waals surface area contributed by atoms with E-state index in [4.69, 9.17) is 4.74 Å². The maximum Gasteiger partial charge on any atom is 0.325 e. The number of hydrogen-bond donors (Lipinski definition) is 1. The number of hydrogen-bond acceptors (Lipinski definition) is 4. The molecule has 0 spiro atoms. The fourth-order valence-electron chi connectivity index (χ4n) is 1.52. The molecule has 0 aromatic carbocycles. The van der Waals surface area contributed by atoms with E-state index in [0.29, 0.717) is 19.6 Å². The molecule has 0 aliphatic carbocycles. The van der Waals surface area contributed by atoms with E-state index < -0.39 is 0 Å². The Balaban J connectivity index is 3.62. The third-order valence-corrected chi connectivity index (χ3v) is 2.54. The van der Waals surface area contributed by atoms with Crippen LogP contribution < -0.4 is 5.32 Å². The van der Waals surface area contributed by atoms with Gasteiger partial charge in [-0.15, -0.1) is 0 Å². The standard InChI is InChI=1S/C13H24N2O4/c1-4-19-13(18)10-15(3)12(17)8-6-5-7-9-14-11(2)16/h4-10H2,1-3H3,(H,14,16). The smallest absolute Gasteiger partial charge is 0.325 e. The largest absolute Gasteiger partial charge is 0.465 e. The fraction of sp³-hybridized carbons (Fsp3) is 0.769. The molecule has 0 aliphatic heterocycles. The topological polar surface area (TPSA) is 75.7 Å². The van der Waals surface area contributed by atoms with Gasteiger partial charge in [0, 0.05) is 26.9 Å². The molecule has 0 rings (SSSR count). The van der Waals surface area contributed by atoms with Crippen molar-refractivity contribution in [1.29, 1.82) is 0 Å². The van der Waals surface area contributed by atoms with Gasteiger partial charge in [-0.3, -0.25) is 14.4 Å². The summed E-state index contributed by atoms with van der Waals surface area (Å²) in [5.74, 6) is -0.484. The van der Waals surface area contributed by atoms with Crippen LogP contribution in [0.25, 0.3) is 0 Å². The molecular weight excluding hydrogens is 248 g/mol. The van der Waals surface area contributed by atoms with Crippen molar-refractivity contribution in [3.05, 3.63) is 0 Å². The number of ether oxygens (including phenoxy) is 1. The molecular formula is C13H24N2O4. The fourth-order valence-corrected chi connectivity index (χ4v) is 1.52. The van der Waals surface area contributed by atoms with Gasteiger partial charge in [0.05, 0.1) is 6.61 Å². The van der Waals surface area contributed by atoms with Crippen molar-refractivity contribution in [3.8, 4) is 0 Å². The van der Waals surface area contributed by atoms with Crippen LogP contribution in [0.1, 0.15) is 39.5 Å². The average Bonchev–Trinajstić information content (AvgIpc) is 2.33. The predicted molar refractivity (Wildman–Crippen MR) is 71.4 cm³/mol. The number of nitrogens with one attached hydrogen (secondary N) is 1. The Morgan fingerprint density at radius 1 is 1.16 bits per heavy atom. The molecule has 0 fully saturated rings. The Bertz CT molecular complexity index is 305. The van der Waals surface area contributed by atoms with Gasteiger partial charge >= 0.3 is 5.97 Å². The zero-order valence-electron chi connectivity index (χ0n) is 12.0. The summed E-state index contributed by atoms with van der Waals surface area (Å²) in [4.78, 5) is 34.8. The molecule has 0 aromatic heterocycles. The van der Waals surface area contributed by atoms with Gasteiger partial charge in [-0.25, -0.2) is 0 Å². The van der Waals surface area contributed by atoms with Crippen LogP contribution in [-0.4, -0.2) is 49.4 Å². The lowest BCUT2D eigenvalue weighted by atomic mass is 10.2. The first-order chi connectivity index (χ1) is 8.97. The van der Waals surface area contributed by atoms with Crippen LogP contribution in [0.2, 0.25) is 0 Å². The van der Waals surface area contributed by atoms with E-state index in [1.807, 2.05) is 0 Å². The van der Waals surface area contributed by atoms with Crippen molar-refractivity contribution in [1.82, 2.24) is 10.2 Å². The first-order valence-electron chi connectivity index (χ1n) is 6.61. The van der Waals surface area contributed by atoms with E-state index in [0.717, 1.165) is 19.3 Å². The first-order valence-corrected chi connectivity index (χ1v) is 6.61. The summed E-state index contributed by atoms with van der Waals surface area (Å²) in [6, 6.07) is 0. The third-order valence-electron chi connectivity index (χ3n) is 2.54. The normalized spacial score (nSPS) is 9.84. The molecule has 0 radical (unpaired) electrons. The minimum absolute atomic E-state index is 0.00142. The van der Waals surface area contributed by atoms with Crippen LogP contribution in [0.5, 0.6) is 0 Å². The third kappa shape index (κ3) is 10.1.